The molecule has 1 aromatic carbocycles. The predicted octanol–water partition coefficient (Wildman–Crippen LogP) is 3.30. The lowest BCUT2D eigenvalue weighted by molar-refractivity contribution is -0.118. The second kappa shape index (κ2) is 9.05. The van der Waals surface area contributed by atoms with Gasteiger partial charge in [-0.1, -0.05) is 18.2 Å². The molecule has 0 bridgehead atoms. The van der Waals surface area contributed by atoms with Crippen LogP contribution in [0.15, 0.2) is 36.9 Å². The number of ether oxygens (including phenoxy) is 2. The van der Waals surface area contributed by atoms with E-state index in [-0.39, 0.29) is 12.5 Å². The van der Waals surface area contributed by atoms with Crippen LogP contribution in [0.5, 0.6) is 11.5 Å². The van der Waals surface area contributed by atoms with Crippen LogP contribution in [0.2, 0.25) is 0 Å². The maximum Gasteiger partial charge on any atom is 0.262 e. The summed E-state index contributed by atoms with van der Waals surface area (Å²) < 4.78 is 10.7. The number of amides is 2. The van der Waals surface area contributed by atoms with Gasteiger partial charge in [0.25, 0.3) is 11.8 Å². The summed E-state index contributed by atoms with van der Waals surface area (Å²) in [6, 6.07) is 7.05. The van der Waals surface area contributed by atoms with Gasteiger partial charge in [-0.3, -0.25) is 9.59 Å². The first kappa shape index (κ1) is 19.5. The van der Waals surface area contributed by atoms with E-state index >= 15 is 0 Å². The Labute approximate surface area is 156 Å². The summed E-state index contributed by atoms with van der Waals surface area (Å²) in [7, 11) is 1.53. The van der Waals surface area contributed by atoms with E-state index in [9.17, 15) is 9.59 Å². The molecule has 2 rings (SSSR count). The number of hydrogen-bond acceptors (Lipinski definition) is 5. The number of rotatable bonds is 9. The molecule has 26 heavy (non-hydrogen) atoms. The van der Waals surface area contributed by atoms with Crippen LogP contribution < -0.4 is 20.5 Å². The van der Waals surface area contributed by atoms with Gasteiger partial charge >= 0.3 is 0 Å². The Bertz CT molecular complexity index is 814. The van der Waals surface area contributed by atoms with Crippen molar-refractivity contribution in [2.24, 2.45) is 5.73 Å². The number of anilines is 1. The summed E-state index contributed by atoms with van der Waals surface area (Å²) in [4.78, 5) is 25.0. The monoisotopic (exact) mass is 374 g/mol. The minimum atomic E-state index is -0.565. The Morgan fingerprint density at radius 2 is 2.00 bits per heavy atom. The molecular formula is C19H22N2O4S. The molecule has 0 spiro atoms. The maximum atomic E-state index is 12.3. The fourth-order valence-corrected chi connectivity index (χ4v) is 3.70. The van der Waals surface area contributed by atoms with E-state index in [1.807, 2.05) is 19.1 Å². The third-order valence-corrected chi connectivity index (χ3v) is 5.02. The fraction of sp³-hybridized carbons (Fsp3) is 0.263. The molecule has 0 radical (unpaired) electrons. The van der Waals surface area contributed by atoms with Crippen LogP contribution in [-0.4, -0.2) is 25.5 Å². The average Bonchev–Trinajstić information content (AvgIpc) is 2.93. The molecule has 7 heteroatoms. The number of allylic oxidation sites excluding steroid dienone is 1. The number of nitrogens with one attached hydrogen (secondary N) is 1. The molecule has 2 amide bonds. The average molecular weight is 374 g/mol. The van der Waals surface area contributed by atoms with E-state index in [0.29, 0.717) is 22.1 Å². The van der Waals surface area contributed by atoms with Crippen LogP contribution in [0.1, 0.15) is 27.2 Å². The number of thiophene rings is 1. The van der Waals surface area contributed by atoms with E-state index in [1.165, 1.54) is 18.4 Å². The summed E-state index contributed by atoms with van der Waals surface area (Å²) in [5.41, 5.74) is 6.63. The molecule has 0 saturated carbocycles. The largest absolute Gasteiger partial charge is 0.493 e. The van der Waals surface area contributed by atoms with Gasteiger partial charge < -0.3 is 20.5 Å². The van der Waals surface area contributed by atoms with Crippen molar-refractivity contribution in [3.05, 3.63) is 52.9 Å². The zero-order valence-corrected chi connectivity index (χ0v) is 15.7. The third-order valence-electron chi connectivity index (χ3n) is 3.75. The first-order chi connectivity index (χ1) is 12.5. The van der Waals surface area contributed by atoms with Gasteiger partial charge in [0.2, 0.25) is 0 Å². The van der Waals surface area contributed by atoms with Gasteiger partial charge in [0, 0.05) is 4.88 Å². The molecule has 138 valence electrons. The van der Waals surface area contributed by atoms with Gasteiger partial charge in [0.05, 0.1) is 12.7 Å². The van der Waals surface area contributed by atoms with Crippen LogP contribution in [0, 0.1) is 6.92 Å². The van der Waals surface area contributed by atoms with Crippen molar-refractivity contribution in [2.45, 2.75) is 19.8 Å². The topological polar surface area (TPSA) is 90.7 Å². The van der Waals surface area contributed by atoms with Crippen molar-refractivity contribution >= 4 is 28.2 Å². The molecule has 0 aliphatic heterocycles. The SMILES string of the molecule is C=CCCc1sc(NC(=O)COc2ccccc2OC)c(C(N)=O)c1C. The fourth-order valence-electron chi connectivity index (χ4n) is 2.46. The van der Waals surface area contributed by atoms with Crippen LogP contribution in [0.25, 0.3) is 0 Å². The highest BCUT2D eigenvalue weighted by molar-refractivity contribution is 7.17. The number of benzene rings is 1. The van der Waals surface area contributed by atoms with Crippen molar-refractivity contribution in [2.75, 3.05) is 19.0 Å². The van der Waals surface area contributed by atoms with E-state index in [1.54, 1.807) is 18.2 Å². The molecule has 0 unspecified atom stereocenters. The number of para-hydroxylation sites is 2. The van der Waals surface area contributed by atoms with Gasteiger partial charge in [-0.15, -0.1) is 17.9 Å². The van der Waals surface area contributed by atoms with E-state index in [0.717, 1.165) is 23.3 Å². The first-order valence-corrected chi connectivity index (χ1v) is 8.88. The van der Waals surface area contributed by atoms with Crippen molar-refractivity contribution in [1.29, 1.82) is 0 Å². The highest BCUT2D eigenvalue weighted by Crippen LogP contribution is 2.34. The second-order valence-electron chi connectivity index (χ2n) is 5.53. The zero-order chi connectivity index (χ0) is 19.1. The summed E-state index contributed by atoms with van der Waals surface area (Å²) >= 11 is 1.35. The summed E-state index contributed by atoms with van der Waals surface area (Å²) in [6.45, 7) is 5.32. The molecule has 0 aliphatic carbocycles. The molecule has 1 heterocycles. The molecule has 3 N–H and O–H groups in total. The number of aryl methyl sites for hydroxylation is 1. The van der Waals surface area contributed by atoms with Crippen LogP contribution in [0.4, 0.5) is 5.00 Å². The van der Waals surface area contributed by atoms with Crippen molar-refractivity contribution in [1.82, 2.24) is 0 Å². The number of nitrogens with two attached hydrogens (primary N) is 1. The molecule has 0 aliphatic rings. The van der Waals surface area contributed by atoms with Gasteiger partial charge in [-0.2, -0.15) is 0 Å². The highest BCUT2D eigenvalue weighted by Gasteiger charge is 2.20. The van der Waals surface area contributed by atoms with Crippen molar-refractivity contribution in [3.63, 3.8) is 0 Å². The Morgan fingerprint density at radius 3 is 2.62 bits per heavy atom. The standard InChI is InChI=1S/C19H22N2O4S/c1-4-5-10-15-12(2)17(18(20)23)19(26-15)21-16(22)11-25-14-9-7-6-8-13(14)24-3/h4,6-9H,1,5,10-11H2,2-3H3,(H2,20,23)(H,21,22). The number of hydrogen-bond donors (Lipinski definition) is 2. The molecule has 0 saturated heterocycles. The normalized spacial score (nSPS) is 10.2. The summed E-state index contributed by atoms with van der Waals surface area (Å²) in [6.07, 6.45) is 3.33. The summed E-state index contributed by atoms with van der Waals surface area (Å²) in [5, 5.41) is 3.17. The maximum absolute atomic E-state index is 12.3. The van der Waals surface area contributed by atoms with Crippen molar-refractivity contribution in [3.8, 4) is 11.5 Å². The molecule has 0 atom stereocenters. The lowest BCUT2D eigenvalue weighted by Crippen LogP contribution is -2.22. The molecular weight excluding hydrogens is 352 g/mol. The van der Waals surface area contributed by atoms with Crippen LogP contribution >= 0.6 is 11.3 Å². The highest BCUT2D eigenvalue weighted by atomic mass is 32.1. The Kier molecular flexibility index (Phi) is 6.80. The molecule has 6 nitrogen and oxygen atoms in total. The second-order valence-corrected chi connectivity index (χ2v) is 6.64. The number of methoxy groups -OCH3 is 1. The lowest BCUT2D eigenvalue weighted by Gasteiger charge is -2.10. The molecule has 1 aromatic heterocycles. The first-order valence-electron chi connectivity index (χ1n) is 8.06. The zero-order valence-electron chi connectivity index (χ0n) is 14.8. The number of carbonyl (C=O) groups excluding carboxylic acids is 2. The van der Waals surface area contributed by atoms with Gasteiger partial charge in [0.15, 0.2) is 18.1 Å². The van der Waals surface area contributed by atoms with Crippen LogP contribution in [0.3, 0.4) is 0 Å². The van der Waals surface area contributed by atoms with E-state index < -0.39 is 5.91 Å². The number of carbonyl (C=O) groups is 2. The summed E-state index contributed by atoms with van der Waals surface area (Å²) in [5.74, 6) is 0.0607. The predicted molar refractivity (Wildman–Crippen MR) is 103 cm³/mol. The minimum Gasteiger partial charge on any atom is -0.493 e. The number of primary amides is 1. The Morgan fingerprint density at radius 1 is 1.31 bits per heavy atom. The van der Waals surface area contributed by atoms with Gasteiger partial charge in [0.1, 0.15) is 5.00 Å². The third kappa shape index (κ3) is 4.64. The Hall–Kier alpha value is -2.80. The van der Waals surface area contributed by atoms with Gasteiger partial charge in [-0.05, 0) is 37.5 Å². The minimum absolute atomic E-state index is 0.211. The van der Waals surface area contributed by atoms with Crippen LogP contribution in [-0.2, 0) is 11.2 Å². The van der Waals surface area contributed by atoms with Crippen molar-refractivity contribution < 1.29 is 19.1 Å². The molecule has 0 fully saturated rings. The lowest BCUT2D eigenvalue weighted by atomic mass is 10.1. The van der Waals surface area contributed by atoms with E-state index in [2.05, 4.69) is 11.9 Å². The Balaban J connectivity index is 2.10. The van der Waals surface area contributed by atoms with E-state index in [4.69, 9.17) is 15.2 Å². The van der Waals surface area contributed by atoms with Gasteiger partial charge in [-0.25, -0.2) is 0 Å². The quantitative estimate of drug-likeness (QED) is 0.659. The smallest absolute Gasteiger partial charge is 0.262 e. The molecule has 2 aromatic rings.